The van der Waals surface area contributed by atoms with Crippen molar-refractivity contribution in [2.75, 3.05) is 4.90 Å². The summed E-state index contributed by atoms with van der Waals surface area (Å²) < 4.78 is 0. The quantitative estimate of drug-likeness (QED) is 0.166. The maximum atomic E-state index is 2.58. The molecule has 1 unspecified atom stereocenters. The first kappa shape index (κ1) is 41.8. The van der Waals surface area contributed by atoms with Gasteiger partial charge in [-0.15, -0.1) is 0 Å². The smallest absolute Gasteiger partial charge is 0.0726 e. The van der Waals surface area contributed by atoms with Crippen LogP contribution in [0.15, 0.2) is 249 Å². The Hall–Kier alpha value is -8.78. The Morgan fingerprint density at radius 1 is 0.324 bits per heavy atom. The number of benzene rings is 11. The molecular weight excluding hydrogens is 891 g/mol. The first-order chi connectivity index (χ1) is 36.5. The largest absolute Gasteiger partial charge is 0.310 e. The van der Waals surface area contributed by atoms with Crippen molar-refractivity contribution in [3.8, 4) is 66.8 Å². The molecule has 0 N–H and O–H groups in total. The van der Waals surface area contributed by atoms with E-state index in [-0.39, 0.29) is 10.8 Å². The van der Waals surface area contributed by atoms with Gasteiger partial charge in [0, 0.05) is 27.8 Å². The molecule has 0 bridgehead atoms. The van der Waals surface area contributed by atoms with Crippen molar-refractivity contribution < 1.29 is 0 Å². The summed E-state index contributed by atoms with van der Waals surface area (Å²) in [6.07, 6.45) is 2.11. The number of fused-ring (bicyclic) bond motifs is 20. The molecule has 1 atom stereocenters. The molecule has 5 aliphatic rings. The fraction of sp³-hybridized carbons (Fsp3) is 0.0959. The van der Waals surface area contributed by atoms with Crippen molar-refractivity contribution in [3.05, 3.63) is 304 Å². The summed E-state index contributed by atoms with van der Waals surface area (Å²) >= 11 is 0. The van der Waals surface area contributed by atoms with E-state index in [2.05, 4.69) is 267 Å². The number of anilines is 3. The third-order valence-corrected chi connectivity index (χ3v) is 18.1. The lowest BCUT2D eigenvalue weighted by Gasteiger charge is -2.33. The Morgan fingerprint density at radius 3 is 1.47 bits per heavy atom. The van der Waals surface area contributed by atoms with Crippen LogP contribution in [-0.4, -0.2) is 0 Å². The number of hydrogen-bond donors (Lipinski definition) is 0. The van der Waals surface area contributed by atoms with E-state index >= 15 is 0 Å². The molecule has 2 spiro atoms. The van der Waals surface area contributed by atoms with Crippen LogP contribution in [0.2, 0.25) is 0 Å². The molecule has 0 fully saturated rings. The van der Waals surface area contributed by atoms with E-state index in [0.29, 0.717) is 0 Å². The van der Waals surface area contributed by atoms with Gasteiger partial charge in [-0.05, 0) is 160 Å². The maximum Gasteiger partial charge on any atom is 0.0726 e. The highest BCUT2D eigenvalue weighted by molar-refractivity contribution is 6.02. The van der Waals surface area contributed by atoms with Gasteiger partial charge in [0.15, 0.2) is 0 Å². The first-order valence-electron chi connectivity index (χ1n) is 26.5. The summed E-state index contributed by atoms with van der Waals surface area (Å²) in [4.78, 5) is 2.58. The number of aryl methyl sites for hydroxylation is 1. The van der Waals surface area contributed by atoms with Crippen LogP contribution in [0, 0.1) is 0 Å². The summed E-state index contributed by atoms with van der Waals surface area (Å²) in [7, 11) is 0. The molecule has 0 aromatic heterocycles. The lowest BCUT2D eigenvalue weighted by atomic mass is 9.70. The zero-order chi connectivity index (χ0) is 48.9. The van der Waals surface area contributed by atoms with Crippen LogP contribution in [0.5, 0.6) is 0 Å². The molecule has 16 rings (SSSR count). The highest BCUT2D eigenvalue weighted by Crippen LogP contribution is 2.66. The van der Waals surface area contributed by atoms with Crippen molar-refractivity contribution in [2.24, 2.45) is 0 Å². The monoisotopic (exact) mass is 941 g/mol. The Bertz CT molecular complexity index is 4140. The van der Waals surface area contributed by atoms with Gasteiger partial charge < -0.3 is 4.90 Å². The molecule has 0 radical (unpaired) electrons. The molecule has 0 heterocycles. The van der Waals surface area contributed by atoms with Gasteiger partial charge >= 0.3 is 0 Å². The molecule has 5 aliphatic carbocycles. The summed E-state index contributed by atoms with van der Waals surface area (Å²) in [5, 5.41) is 0. The topological polar surface area (TPSA) is 3.24 Å². The standard InChI is InChI=1S/C73H51N/c1-71(2)61-30-12-6-25-55(61)58-28-17-27-57(70(58)71)51-21-5-4-20-50(51)46-37-39-48(40-38-46)74(49-41-42-56-52-22-7-13-31-62(52)72(67(56)45-49)44-43-47-19-3-11-29-60(47)72)68-36-18-35-66-69(68)59-26-10-16-34-65(59)73(66)63-32-14-8-23-53(63)54-24-9-15-33-64(54)73/h3-42,45H,43-44H2,1-2H3. The van der Waals surface area contributed by atoms with Crippen molar-refractivity contribution in [3.63, 3.8) is 0 Å². The van der Waals surface area contributed by atoms with Crippen LogP contribution in [0.1, 0.15) is 75.9 Å². The second kappa shape index (κ2) is 15.1. The highest BCUT2D eigenvalue weighted by atomic mass is 15.1. The molecule has 74 heavy (non-hydrogen) atoms. The van der Waals surface area contributed by atoms with Crippen LogP contribution in [0.4, 0.5) is 17.1 Å². The fourth-order valence-corrected chi connectivity index (χ4v) is 15.2. The number of hydrogen-bond acceptors (Lipinski definition) is 1. The molecule has 0 amide bonds. The van der Waals surface area contributed by atoms with Gasteiger partial charge in [0.2, 0.25) is 0 Å². The fourth-order valence-electron chi connectivity index (χ4n) is 15.2. The van der Waals surface area contributed by atoms with E-state index in [9.17, 15) is 0 Å². The van der Waals surface area contributed by atoms with Crippen molar-refractivity contribution in [1.82, 2.24) is 0 Å². The van der Waals surface area contributed by atoms with E-state index in [1.165, 1.54) is 128 Å². The average molecular weight is 942 g/mol. The van der Waals surface area contributed by atoms with E-state index in [0.717, 1.165) is 24.2 Å². The zero-order valence-corrected chi connectivity index (χ0v) is 41.5. The molecule has 348 valence electrons. The summed E-state index contributed by atoms with van der Waals surface area (Å²) in [6.45, 7) is 4.78. The van der Waals surface area contributed by atoms with E-state index < -0.39 is 5.41 Å². The number of rotatable bonds is 5. The molecule has 11 aromatic rings. The van der Waals surface area contributed by atoms with Crippen molar-refractivity contribution in [1.29, 1.82) is 0 Å². The van der Waals surface area contributed by atoms with Gasteiger partial charge in [-0.25, -0.2) is 0 Å². The van der Waals surface area contributed by atoms with Crippen LogP contribution in [-0.2, 0) is 22.7 Å². The Labute approximate surface area is 433 Å². The number of nitrogens with zero attached hydrogens (tertiary/aromatic N) is 1. The lowest BCUT2D eigenvalue weighted by Crippen LogP contribution is -2.26. The predicted octanol–water partition coefficient (Wildman–Crippen LogP) is 18.4. The van der Waals surface area contributed by atoms with E-state index in [1.807, 2.05) is 0 Å². The second-order valence-electron chi connectivity index (χ2n) is 21.8. The van der Waals surface area contributed by atoms with Gasteiger partial charge in [-0.2, -0.15) is 0 Å². The molecule has 0 aliphatic heterocycles. The van der Waals surface area contributed by atoms with Gasteiger partial charge in [0.1, 0.15) is 0 Å². The highest BCUT2D eigenvalue weighted by Gasteiger charge is 2.53. The molecule has 0 saturated heterocycles. The van der Waals surface area contributed by atoms with Crippen LogP contribution < -0.4 is 4.90 Å². The molecule has 1 nitrogen and oxygen atoms in total. The normalized spacial score (nSPS) is 16.7. The molecule has 11 aromatic carbocycles. The minimum atomic E-state index is -0.459. The van der Waals surface area contributed by atoms with Crippen LogP contribution >= 0.6 is 0 Å². The second-order valence-corrected chi connectivity index (χ2v) is 21.8. The Balaban J connectivity index is 0.918. The predicted molar refractivity (Wildman–Crippen MR) is 306 cm³/mol. The average Bonchev–Trinajstić information content (AvgIpc) is 4.29. The van der Waals surface area contributed by atoms with Gasteiger partial charge in [-0.3, -0.25) is 0 Å². The third kappa shape index (κ3) is 5.28. The molecule has 0 saturated carbocycles. The molecular formula is C73H51N. The lowest BCUT2D eigenvalue weighted by molar-refractivity contribution is 0.626. The summed E-state index contributed by atoms with van der Waals surface area (Å²) in [6, 6.07) is 94.8. The first-order valence-corrected chi connectivity index (χ1v) is 26.5. The third-order valence-electron chi connectivity index (χ3n) is 18.1. The van der Waals surface area contributed by atoms with Gasteiger partial charge in [-0.1, -0.05) is 232 Å². The van der Waals surface area contributed by atoms with E-state index in [1.54, 1.807) is 0 Å². The minimum absolute atomic E-state index is 0.133. The van der Waals surface area contributed by atoms with E-state index in [4.69, 9.17) is 0 Å². The minimum Gasteiger partial charge on any atom is -0.310 e. The SMILES string of the molecule is CC1(C)c2ccccc2-c2cccc(-c3ccccc3-c3ccc(N(c4ccc5c(c4)C4(CCc6ccccc64)c4ccccc4-5)c4cccc5c4-c4ccccc4C54c5ccccc5-c5ccccc54)cc3)c21. The zero-order valence-electron chi connectivity index (χ0n) is 41.5. The van der Waals surface area contributed by atoms with Gasteiger partial charge in [0.05, 0.1) is 11.1 Å². The van der Waals surface area contributed by atoms with Gasteiger partial charge in [0.25, 0.3) is 0 Å². The van der Waals surface area contributed by atoms with Crippen LogP contribution in [0.25, 0.3) is 66.8 Å². The Kier molecular flexibility index (Phi) is 8.55. The van der Waals surface area contributed by atoms with Crippen LogP contribution in [0.3, 0.4) is 0 Å². The maximum absolute atomic E-state index is 2.58. The van der Waals surface area contributed by atoms with Crippen molar-refractivity contribution in [2.45, 2.75) is 42.9 Å². The Morgan fingerprint density at radius 2 is 0.784 bits per heavy atom. The molecule has 1 heteroatoms. The summed E-state index contributed by atoms with van der Waals surface area (Å²) in [5.74, 6) is 0. The summed E-state index contributed by atoms with van der Waals surface area (Å²) in [5.41, 5.74) is 32.2. The van der Waals surface area contributed by atoms with Crippen molar-refractivity contribution >= 4 is 17.1 Å².